The van der Waals surface area contributed by atoms with Gasteiger partial charge in [-0.1, -0.05) is 56.3 Å². The Labute approximate surface area is 208 Å². The lowest BCUT2D eigenvalue weighted by molar-refractivity contribution is -0.128. The van der Waals surface area contributed by atoms with Crippen LogP contribution < -0.4 is 15.8 Å². The van der Waals surface area contributed by atoms with E-state index in [4.69, 9.17) is 22.7 Å². The summed E-state index contributed by atoms with van der Waals surface area (Å²) in [6.45, 7) is 9.35. The molecule has 0 radical (unpaired) electrons. The molecule has 0 fully saturated rings. The van der Waals surface area contributed by atoms with E-state index in [9.17, 15) is 9.59 Å². The van der Waals surface area contributed by atoms with Gasteiger partial charge in [0.1, 0.15) is 5.75 Å². The van der Waals surface area contributed by atoms with Crippen molar-refractivity contribution in [3.05, 3.63) is 65.2 Å². The first-order chi connectivity index (χ1) is 16.1. The SMILES string of the molecule is Cc1ccc(C)c(OCCCC(C)(C)C(=O)NC(=S)N(CCC(N)=O)CCc2ccccc2)c1. The van der Waals surface area contributed by atoms with Crippen molar-refractivity contribution in [2.75, 3.05) is 19.7 Å². The van der Waals surface area contributed by atoms with Gasteiger partial charge in [0.25, 0.3) is 0 Å². The molecule has 0 heterocycles. The smallest absolute Gasteiger partial charge is 0.231 e. The van der Waals surface area contributed by atoms with Crippen molar-refractivity contribution < 1.29 is 14.3 Å². The highest BCUT2D eigenvalue weighted by Crippen LogP contribution is 2.24. The molecule has 7 heteroatoms. The highest BCUT2D eigenvalue weighted by atomic mass is 32.1. The molecule has 0 saturated heterocycles. The highest BCUT2D eigenvalue weighted by Gasteiger charge is 2.29. The van der Waals surface area contributed by atoms with Crippen LogP contribution in [0.1, 0.15) is 49.8 Å². The molecule has 2 rings (SSSR count). The largest absolute Gasteiger partial charge is 0.493 e. The van der Waals surface area contributed by atoms with Crippen LogP contribution in [0.3, 0.4) is 0 Å². The Morgan fingerprint density at radius 1 is 1.09 bits per heavy atom. The lowest BCUT2D eigenvalue weighted by atomic mass is 9.87. The van der Waals surface area contributed by atoms with Crippen molar-refractivity contribution in [3.63, 3.8) is 0 Å². The molecule has 0 bridgehead atoms. The topological polar surface area (TPSA) is 84.7 Å². The lowest BCUT2D eigenvalue weighted by Gasteiger charge is -2.29. The van der Waals surface area contributed by atoms with E-state index in [0.29, 0.717) is 31.2 Å². The number of nitrogens with zero attached hydrogens (tertiary/aromatic N) is 1. The van der Waals surface area contributed by atoms with E-state index in [0.717, 1.165) is 35.3 Å². The summed E-state index contributed by atoms with van der Waals surface area (Å²) in [5.41, 5.74) is 8.13. The van der Waals surface area contributed by atoms with Crippen LogP contribution in [-0.2, 0) is 16.0 Å². The fourth-order valence-corrected chi connectivity index (χ4v) is 3.76. The van der Waals surface area contributed by atoms with Gasteiger partial charge >= 0.3 is 0 Å². The first-order valence-electron chi connectivity index (χ1n) is 11.7. The molecule has 6 nitrogen and oxygen atoms in total. The number of carbonyl (C=O) groups is 2. The van der Waals surface area contributed by atoms with Gasteiger partial charge in [-0.05, 0) is 68.1 Å². The summed E-state index contributed by atoms with van der Waals surface area (Å²) in [4.78, 5) is 26.2. The molecule has 0 aliphatic heterocycles. The average Bonchev–Trinajstić information content (AvgIpc) is 2.79. The number of hydrogen-bond donors (Lipinski definition) is 2. The van der Waals surface area contributed by atoms with Crippen molar-refractivity contribution >= 4 is 29.1 Å². The third-order valence-corrected chi connectivity index (χ3v) is 6.17. The predicted octanol–water partition coefficient (Wildman–Crippen LogP) is 4.31. The standard InChI is InChI=1S/C27H37N3O3S/c1-20-11-12-21(2)23(19-20)33-18-8-15-27(3,4)25(32)29-26(34)30(17-14-24(28)31)16-13-22-9-6-5-7-10-22/h5-7,9-12,19H,8,13-18H2,1-4H3,(H2,28,31)(H,29,32,34). The first-order valence-corrected chi connectivity index (χ1v) is 12.1. The van der Waals surface area contributed by atoms with Gasteiger partial charge < -0.3 is 20.7 Å². The fraction of sp³-hybridized carbons (Fsp3) is 0.444. The molecular weight excluding hydrogens is 446 g/mol. The average molecular weight is 484 g/mol. The van der Waals surface area contributed by atoms with Crippen molar-refractivity contribution in [2.24, 2.45) is 11.1 Å². The number of aryl methyl sites for hydroxylation is 2. The van der Waals surface area contributed by atoms with E-state index in [-0.39, 0.29) is 12.3 Å². The molecule has 2 amide bonds. The number of thiocarbonyl (C=S) groups is 1. The third kappa shape index (κ3) is 9.14. The van der Waals surface area contributed by atoms with E-state index in [1.165, 1.54) is 0 Å². The molecule has 0 unspecified atom stereocenters. The molecule has 2 aromatic carbocycles. The van der Waals surface area contributed by atoms with Gasteiger partial charge in [-0.25, -0.2) is 0 Å². The second-order valence-electron chi connectivity index (χ2n) is 9.30. The van der Waals surface area contributed by atoms with Crippen molar-refractivity contribution in [2.45, 2.75) is 53.4 Å². The van der Waals surface area contributed by atoms with Gasteiger partial charge in [-0.15, -0.1) is 0 Å². The summed E-state index contributed by atoms with van der Waals surface area (Å²) < 4.78 is 5.93. The minimum absolute atomic E-state index is 0.145. The molecular formula is C27H37N3O3S. The summed E-state index contributed by atoms with van der Waals surface area (Å²) in [5, 5.41) is 3.20. The van der Waals surface area contributed by atoms with Crippen LogP contribution >= 0.6 is 12.2 Å². The molecule has 3 N–H and O–H groups in total. The monoisotopic (exact) mass is 483 g/mol. The number of nitrogens with two attached hydrogens (primary N) is 1. The van der Waals surface area contributed by atoms with Crippen LogP contribution in [0.2, 0.25) is 0 Å². The summed E-state index contributed by atoms with van der Waals surface area (Å²) in [5.74, 6) is 0.336. The van der Waals surface area contributed by atoms with Crippen LogP contribution in [0.15, 0.2) is 48.5 Å². The minimum atomic E-state index is -0.621. The molecule has 0 aliphatic rings. The number of hydrogen-bond acceptors (Lipinski definition) is 4. The molecule has 0 aromatic heterocycles. The maximum absolute atomic E-state index is 13.0. The second-order valence-corrected chi connectivity index (χ2v) is 9.69. The highest BCUT2D eigenvalue weighted by molar-refractivity contribution is 7.80. The Hall–Kier alpha value is -2.93. The van der Waals surface area contributed by atoms with Crippen LogP contribution in [-0.4, -0.2) is 41.5 Å². The van der Waals surface area contributed by atoms with Crippen LogP contribution in [0.25, 0.3) is 0 Å². The second kappa shape index (κ2) is 13.1. The Morgan fingerprint density at radius 3 is 2.47 bits per heavy atom. The quantitative estimate of drug-likeness (QED) is 0.347. The van der Waals surface area contributed by atoms with Gasteiger partial charge in [0.15, 0.2) is 5.11 Å². The van der Waals surface area contributed by atoms with Crippen molar-refractivity contribution in [1.82, 2.24) is 10.2 Å². The molecule has 0 spiro atoms. The van der Waals surface area contributed by atoms with E-state index in [2.05, 4.69) is 11.4 Å². The first kappa shape index (κ1) is 27.3. The normalized spacial score (nSPS) is 11.1. The van der Waals surface area contributed by atoms with Gasteiger partial charge in [0, 0.05) is 24.9 Å². The number of rotatable bonds is 12. The van der Waals surface area contributed by atoms with Gasteiger partial charge in [-0.3, -0.25) is 9.59 Å². The number of primary amides is 1. The molecule has 0 atom stereocenters. The van der Waals surface area contributed by atoms with E-state index in [1.54, 1.807) is 0 Å². The Kier molecular flexibility index (Phi) is 10.5. The van der Waals surface area contributed by atoms with Gasteiger partial charge in [0.2, 0.25) is 11.8 Å². The third-order valence-electron chi connectivity index (χ3n) is 5.81. The number of ether oxygens (including phenoxy) is 1. The zero-order chi connectivity index (χ0) is 25.1. The van der Waals surface area contributed by atoms with E-state index < -0.39 is 11.3 Å². The summed E-state index contributed by atoms with van der Waals surface area (Å²) in [6, 6.07) is 16.1. The van der Waals surface area contributed by atoms with Crippen LogP contribution in [0.4, 0.5) is 0 Å². The Bertz CT molecular complexity index is 976. The predicted molar refractivity (Wildman–Crippen MR) is 141 cm³/mol. The van der Waals surface area contributed by atoms with Crippen molar-refractivity contribution in [1.29, 1.82) is 0 Å². The lowest BCUT2D eigenvalue weighted by Crippen LogP contribution is -2.48. The van der Waals surface area contributed by atoms with E-state index >= 15 is 0 Å². The summed E-state index contributed by atoms with van der Waals surface area (Å²) in [6.07, 6.45) is 2.30. The maximum atomic E-state index is 13.0. The Morgan fingerprint density at radius 2 is 1.79 bits per heavy atom. The Balaban J connectivity index is 1.88. The number of nitrogens with one attached hydrogen (secondary N) is 1. The van der Waals surface area contributed by atoms with Gasteiger partial charge in [0.05, 0.1) is 6.61 Å². The van der Waals surface area contributed by atoms with E-state index in [1.807, 2.05) is 75.1 Å². The number of carbonyl (C=O) groups excluding carboxylic acids is 2. The molecule has 2 aromatic rings. The minimum Gasteiger partial charge on any atom is -0.493 e. The zero-order valence-corrected chi connectivity index (χ0v) is 21.5. The number of benzene rings is 2. The summed E-state index contributed by atoms with van der Waals surface area (Å²) in [7, 11) is 0. The molecule has 184 valence electrons. The molecule has 0 saturated carbocycles. The maximum Gasteiger partial charge on any atom is 0.231 e. The van der Waals surface area contributed by atoms with Crippen LogP contribution in [0.5, 0.6) is 5.75 Å². The zero-order valence-electron chi connectivity index (χ0n) is 20.7. The van der Waals surface area contributed by atoms with Gasteiger partial charge in [-0.2, -0.15) is 0 Å². The fourth-order valence-electron chi connectivity index (χ4n) is 3.49. The molecule has 34 heavy (non-hydrogen) atoms. The summed E-state index contributed by atoms with van der Waals surface area (Å²) >= 11 is 5.53. The van der Waals surface area contributed by atoms with Crippen molar-refractivity contribution in [3.8, 4) is 5.75 Å². The number of amides is 2. The molecule has 0 aliphatic carbocycles. The van der Waals surface area contributed by atoms with Crippen LogP contribution in [0, 0.1) is 19.3 Å².